The van der Waals surface area contributed by atoms with Crippen LogP contribution in [0.4, 0.5) is 0 Å². The maximum Gasteiger partial charge on any atom is 0.0543 e. The van der Waals surface area contributed by atoms with Gasteiger partial charge in [-0.25, -0.2) is 0 Å². The molecule has 3 N–H and O–H groups in total. The first-order chi connectivity index (χ1) is 9.90. The molecular formula is C19H33NO. The Bertz CT molecular complexity index is 420. The van der Waals surface area contributed by atoms with Gasteiger partial charge in [0.15, 0.2) is 0 Å². The highest BCUT2D eigenvalue weighted by molar-refractivity contribution is 5.19. The van der Waals surface area contributed by atoms with Gasteiger partial charge < -0.3 is 10.8 Å². The van der Waals surface area contributed by atoms with Crippen LogP contribution in [0.2, 0.25) is 0 Å². The zero-order valence-corrected chi connectivity index (χ0v) is 13.9. The van der Waals surface area contributed by atoms with Gasteiger partial charge in [-0.1, -0.05) is 26.0 Å². The van der Waals surface area contributed by atoms with Crippen LogP contribution in [0.15, 0.2) is 12.2 Å². The number of rotatable bonds is 2. The molecule has 0 aromatic heterocycles. The van der Waals surface area contributed by atoms with Crippen molar-refractivity contribution in [2.45, 2.75) is 71.3 Å². The molecule has 2 nitrogen and oxygen atoms in total. The molecule has 3 aliphatic rings. The molecule has 0 aromatic rings. The first-order valence-electron chi connectivity index (χ1n) is 8.96. The summed E-state index contributed by atoms with van der Waals surface area (Å²) in [5.74, 6) is 2.13. The molecule has 0 spiro atoms. The zero-order valence-electron chi connectivity index (χ0n) is 13.9. The maximum absolute atomic E-state index is 10.0. The average Bonchev–Trinajstić information content (AvgIpc) is 2.77. The van der Waals surface area contributed by atoms with Crippen molar-refractivity contribution < 1.29 is 5.11 Å². The SMILES string of the molecule is C=C1CCC2CC(C3(C)CCC(O)CC3CN)CCC12C. The fourth-order valence-corrected chi connectivity index (χ4v) is 5.83. The second kappa shape index (κ2) is 5.38. The number of nitrogens with two attached hydrogens (primary N) is 1. The van der Waals surface area contributed by atoms with Crippen molar-refractivity contribution in [1.29, 1.82) is 0 Å². The Morgan fingerprint density at radius 1 is 1.14 bits per heavy atom. The molecule has 120 valence electrons. The fraction of sp³-hybridized carbons (Fsp3) is 0.895. The summed E-state index contributed by atoms with van der Waals surface area (Å²) in [6.45, 7) is 10.0. The molecule has 0 amide bonds. The second-order valence-electron chi connectivity index (χ2n) is 8.59. The molecule has 6 unspecified atom stereocenters. The van der Waals surface area contributed by atoms with Crippen LogP contribution in [-0.2, 0) is 0 Å². The van der Waals surface area contributed by atoms with Crippen molar-refractivity contribution in [3.05, 3.63) is 12.2 Å². The van der Waals surface area contributed by atoms with E-state index in [9.17, 15) is 5.11 Å². The molecule has 0 heterocycles. The van der Waals surface area contributed by atoms with Gasteiger partial charge in [0.2, 0.25) is 0 Å². The molecule has 0 radical (unpaired) electrons. The third-order valence-corrected chi connectivity index (χ3v) is 7.81. The van der Waals surface area contributed by atoms with Crippen molar-refractivity contribution in [3.63, 3.8) is 0 Å². The fourth-order valence-electron chi connectivity index (χ4n) is 5.83. The van der Waals surface area contributed by atoms with Crippen LogP contribution < -0.4 is 5.73 Å². The quantitative estimate of drug-likeness (QED) is 0.758. The minimum atomic E-state index is -0.119. The van der Waals surface area contributed by atoms with Gasteiger partial charge in [0, 0.05) is 0 Å². The lowest BCUT2D eigenvalue weighted by Gasteiger charge is -2.53. The minimum Gasteiger partial charge on any atom is -0.393 e. The van der Waals surface area contributed by atoms with E-state index in [1.165, 1.54) is 37.7 Å². The number of aliphatic hydroxyl groups is 1. The van der Waals surface area contributed by atoms with E-state index < -0.39 is 0 Å². The predicted octanol–water partition coefficient (Wildman–Crippen LogP) is 3.89. The van der Waals surface area contributed by atoms with E-state index in [0.717, 1.165) is 37.6 Å². The largest absolute Gasteiger partial charge is 0.393 e. The molecule has 3 aliphatic carbocycles. The summed E-state index contributed by atoms with van der Waals surface area (Å²) in [5, 5.41) is 10.0. The third kappa shape index (κ3) is 2.39. The van der Waals surface area contributed by atoms with E-state index in [1.54, 1.807) is 0 Å². The number of hydrogen-bond donors (Lipinski definition) is 2. The van der Waals surface area contributed by atoms with Crippen molar-refractivity contribution in [1.82, 2.24) is 0 Å². The van der Waals surface area contributed by atoms with Crippen LogP contribution in [0.3, 0.4) is 0 Å². The minimum absolute atomic E-state index is 0.119. The van der Waals surface area contributed by atoms with E-state index in [2.05, 4.69) is 20.4 Å². The Morgan fingerprint density at radius 2 is 1.90 bits per heavy atom. The second-order valence-corrected chi connectivity index (χ2v) is 8.59. The van der Waals surface area contributed by atoms with Crippen LogP contribution >= 0.6 is 0 Å². The Balaban J connectivity index is 1.77. The Morgan fingerprint density at radius 3 is 2.62 bits per heavy atom. The average molecular weight is 291 g/mol. The molecule has 0 aliphatic heterocycles. The number of fused-ring (bicyclic) bond motifs is 1. The summed E-state index contributed by atoms with van der Waals surface area (Å²) in [5.41, 5.74) is 8.34. The van der Waals surface area contributed by atoms with Crippen molar-refractivity contribution in [3.8, 4) is 0 Å². The summed E-state index contributed by atoms with van der Waals surface area (Å²) in [6.07, 6.45) is 9.51. The van der Waals surface area contributed by atoms with Crippen molar-refractivity contribution in [2.75, 3.05) is 6.54 Å². The van der Waals surface area contributed by atoms with Gasteiger partial charge in [0.25, 0.3) is 0 Å². The van der Waals surface area contributed by atoms with Crippen LogP contribution in [0.25, 0.3) is 0 Å². The Hall–Kier alpha value is -0.340. The van der Waals surface area contributed by atoms with Gasteiger partial charge >= 0.3 is 0 Å². The van der Waals surface area contributed by atoms with Crippen molar-refractivity contribution >= 4 is 0 Å². The lowest BCUT2D eigenvalue weighted by atomic mass is 9.53. The zero-order chi connectivity index (χ0) is 15.3. The first-order valence-corrected chi connectivity index (χ1v) is 8.96. The van der Waals surface area contributed by atoms with Crippen LogP contribution in [0, 0.1) is 28.6 Å². The van der Waals surface area contributed by atoms with Gasteiger partial charge in [0.1, 0.15) is 0 Å². The van der Waals surface area contributed by atoms with E-state index >= 15 is 0 Å². The first kappa shape index (κ1) is 15.6. The molecule has 0 bridgehead atoms. The van der Waals surface area contributed by atoms with Gasteiger partial charge in [-0.3, -0.25) is 0 Å². The molecule has 2 heteroatoms. The van der Waals surface area contributed by atoms with E-state index in [1.807, 2.05) is 0 Å². The number of aliphatic hydroxyl groups excluding tert-OH is 1. The summed E-state index contributed by atoms with van der Waals surface area (Å²) in [4.78, 5) is 0. The van der Waals surface area contributed by atoms with Gasteiger partial charge in [0.05, 0.1) is 6.10 Å². The van der Waals surface area contributed by atoms with Crippen LogP contribution in [0.1, 0.15) is 65.2 Å². The van der Waals surface area contributed by atoms with E-state index in [4.69, 9.17) is 5.73 Å². The summed E-state index contributed by atoms with van der Waals surface area (Å²) < 4.78 is 0. The monoisotopic (exact) mass is 291 g/mol. The molecule has 3 rings (SSSR count). The molecule has 3 fully saturated rings. The van der Waals surface area contributed by atoms with Crippen molar-refractivity contribution in [2.24, 2.45) is 34.3 Å². The van der Waals surface area contributed by atoms with Gasteiger partial charge in [-0.2, -0.15) is 0 Å². The molecule has 21 heavy (non-hydrogen) atoms. The maximum atomic E-state index is 10.0. The molecule has 6 atom stereocenters. The van der Waals surface area contributed by atoms with E-state index in [0.29, 0.717) is 16.7 Å². The summed E-state index contributed by atoms with van der Waals surface area (Å²) in [6, 6.07) is 0. The molecular weight excluding hydrogens is 258 g/mol. The highest BCUT2D eigenvalue weighted by atomic mass is 16.3. The number of hydrogen-bond acceptors (Lipinski definition) is 2. The highest BCUT2D eigenvalue weighted by Gasteiger charge is 2.51. The Labute approximate surface area is 130 Å². The topological polar surface area (TPSA) is 46.2 Å². The highest BCUT2D eigenvalue weighted by Crippen LogP contribution is 2.60. The lowest BCUT2D eigenvalue weighted by Crippen LogP contribution is -2.47. The predicted molar refractivity (Wildman–Crippen MR) is 87.8 cm³/mol. The number of allylic oxidation sites excluding steroid dienone is 1. The molecule has 0 aromatic carbocycles. The molecule has 0 saturated heterocycles. The van der Waals surface area contributed by atoms with E-state index in [-0.39, 0.29) is 6.10 Å². The normalized spacial score (nSPS) is 51.0. The Kier molecular flexibility index (Phi) is 3.99. The van der Waals surface area contributed by atoms with Gasteiger partial charge in [-0.05, 0) is 86.5 Å². The summed E-state index contributed by atoms with van der Waals surface area (Å²) in [7, 11) is 0. The third-order valence-electron chi connectivity index (χ3n) is 7.81. The summed E-state index contributed by atoms with van der Waals surface area (Å²) >= 11 is 0. The molecule has 3 saturated carbocycles. The standard InChI is InChI=1S/C19H33NO/c1-13-4-5-14-10-15(6-8-18(13,14)2)19(3)9-7-17(21)11-16(19)12-20/h14-17,21H,1,4-12,20H2,2-3H3. The smallest absolute Gasteiger partial charge is 0.0543 e. The van der Waals surface area contributed by atoms with Crippen LogP contribution in [-0.4, -0.2) is 17.8 Å². The van der Waals surface area contributed by atoms with Crippen LogP contribution in [0.5, 0.6) is 0 Å². The van der Waals surface area contributed by atoms with Gasteiger partial charge in [-0.15, -0.1) is 0 Å². The lowest BCUT2D eigenvalue weighted by molar-refractivity contribution is -0.0455.